The molecule has 0 amide bonds. The number of allylic oxidation sites excluding steroid dienone is 6. The molecule has 0 aromatic rings. The first-order valence-corrected chi connectivity index (χ1v) is 5.27. The van der Waals surface area contributed by atoms with Crippen molar-refractivity contribution in [3.63, 3.8) is 0 Å². The second-order valence-electron chi connectivity index (χ2n) is 3.61. The van der Waals surface area contributed by atoms with Crippen molar-refractivity contribution in [1.82, 2.24) is 0 Å². The van der Waals surface area contributed by atoms with Crippen molar-refractivity contribution in [1.29, 1.82) is 0 Å². The van der Waals surface area contributed by atoms with Crippen LogP contribution in [0.2, 0.25) is 0 Å². The molecule has 1 heteroatoms. The monoisotopic (exact) mass is 189 g/mol. The molecular formula is C13H19N. The van der Waals surface area contributed by atoms with Crippen molar-refractivity contribution in [2.24, 2.45) is 4.99 Å². The lowest BCUT2D eigenvalue weighted by Crippen LogP contribution is -1.94. The first kappa shape index (κ1) is 11.0. The van der Waals surface area contributed by atoms with Crippen molar-refractivity contribution in [3.8, 4) is 0 Å². The van der Waals surface area contributed by atoms with Gasteiger partial charge in [-0.2, -0.15) is 0 Å². The molecular weight excluding hydrogens is 170 g/mol. The Bertz CT molecular complexity index is 303. The maximum atomic E-state index is 3.99. The summed E-state index contributed by atoms with van der Waals surface area (Å²) in [4.78, 5) is 3.99. The lowest BCUT2D eigenvalue weighted by atomic mass is 9.92. The molecule has 0 radical (unpaired) electrons. The molecule has 1 nitrogen and oxygen atoms in total. The van der Waals surface area contributed by atoms with Crippen molar-refractivity contribution in [2.45, 2.75) is 33.1 Å². The van der Waals surface area contributed by atoms with E-state index in [0.29, 0.717) is 0 Å². The van der Waals surface area contributed by atoms with Crippen LogP contribution in [0.25, 0.3) is 0 Å². The van der Waals surface area contributed by atoms with E-state index in [2.05, 4.69) is 37.1 Å². The third kappa shape index (κ3) is 2.99. The molecule has 0 unspecified atom stereocenters. The molecule has 1 aliphatic carbocycles. The van der Waals surface area contributed by atoms with Gasteiger partial charge < -0.3 is 0 Å². The minimum atomic E-state index is 1.09. The van der Waals surface area contributed by atoms with E-state index in [1.807, 2.05) is 13.3 Å². The molecule has 0 atom stereocenters. The second kappa shape index (κ2) is 5.58. The molecule has 0 N–H and O–H groups in total. The van der Waals surface area contributed by atoms with Crippen LogP contribution in [0.5, 0.6) is 0 Å². The van der Waals surface area contributed by atoms with Gasteiger partial charge in [0.05, 0.1) is 0 Å². The topological polar surface area (TPSA) is 12.4 Å². The molecule has 0 fully saturated rings. The highest BCUT2D eigenvalue weighted by Gasteiger charge is 2.05. The summed E-state index contributed by atoms with van der Waals surface area (Å²) < 4.78 is 0. The van der Waals surface area contributed by atoms with E-state index in [1.54, 1.807) is 0 Å². The number of rotatable bonds is 3. The van der Waals surface area contributed by atoms with Gasteiger partial charge in [-0.15, -0.1) is 0 Å². The Balaban J connectivity index is 2.84. The van der Waals surface area contributed by atoms with Gasteiger partial charge in [0.15, 0.2) is 0 Å². The highest BCUT2D eigenvalue weighted by Crippen LogP contribution is 2.24. The third-order valence-electron chi connectivity index (χ3n) is 2.50. The molecule has 0 bridgehead atoms. The number of aliphatic imine (C=N–C) groups is 1. The largest absolute Gasteiger partial charge is 0.297 e. The normalized spacial score (nSPS) is 18.4. The molecule has 0 aliphatic heterocycles. The van der Waals surface area contributed by atoms with E-state index >= 15 is 0 Å². The van der Waals surface area contributed by atoms with Gasteiger partial charge in [-0.25, -0.2) is 0 Å². The molecule has 76 valence electrons. The van der Waals surface area contributed by atoms with E-state index in [-0.39, 0.29) is 0 Å². The average Bonchev–Trinajstić information content (AvgIpc) is 2.19. The van der Waals surface area contributed by atoms with Gasteiger partial charge in [0.1, 0.15) is 0 Å². The summed E-state index contributed by atoms with van der Waals surface area (Å²) in [5.74, 6) is 0. The molecule has 0 heterocycles. The molecule has 0 saturated carbocycles. The minimum Gasteiger partial charge on any atom is -0.297 e. The fourth-order valence-electron chi connectivity index (χ4n) is 1.73. The highest BCUT2D eigenvalue weighted by molar-refractivity contribution is 5.73. The Morgan fingerprint density at radius 3 is 2.93 bits per heavy atom. The average molecular weight is 189 g/mol. The summed E-state index contributed by atoms with van der Waals surface area (Å²) in [5, 5.41) is 0. The van der Waals surface area contributed by atoms with Crippen LogP contribution in [0.15, 0.2) is 39.9 Å². The van der Waals surface area contributed by atoms with Crippen molar-refractivity contribution in [3.05, 3.63) is 34.9 Å². The summed E-state index contributed by atoms with van der Waals surface area (Å²) in [7, 11) is 1.81. The van der Waals surface area contributed by atoms with Gasteiger partial charge >= 0.3 is 0 Å². The van der Waals surface area contributed by atoms with E-state index in [9.17, 15) is 0 Å². The fourth-order valence-corrected chi connectivity index (χ4v) is 1.73. The van der Waals surface area contributed by atoms with Crippen molar-refractivity contribution < 1.29 is 0 Å². The molecule has 0 aromatic heterocycles. The Hall–Kier alpha value is -1.11. The van der Waals surface area contributed by atoms with Gasteiger partial charge in [-0.1, -0.05) is 24.6 Å². The van der Waals surface area contributed by atoms with E-state index in [1.165, 1.54) is 29.6 Å². The maximum absolute atomic E-state index is 3.99. The zero-order chi connectivity index (χ0) is 10.4. The van der Waals surface area contributed by atoms with Crippen LogP contribution in [-0.4, -0.2) is 13.3 Å². The first-order valence-electron chi connectivity index (χ1n) is 5.27. The summed E-state index contributed by atoms with van der Waals surface area (Å²) in [5.41, 5.74) is 4.29. The third-order valence-corrected chi connectivity index (χ3v) is 2.50. The zero-order valence-corrected chi connectivity index (χ0v) is 9.38. The summed E-state index contributed by atoms with van der Waals surface area (Å²) in [6, 6.07) is 0. The van der Waals surface area contributed by atoms with Gasteiger partial charge in [-0.3, -0.25) is 4.99 Å². The van der Waals surface area contributed by atoms with Gasteiger partial charge in [0, 0.05) is 13.3 Å². The van der Waals surface area contributed by atoms with Crippen LogP contribution in [0.4, 0.5) is 0 Å². The van der Waals surface area contributed by atoms with Crippen LogP contribution in [0.3, 0.4) is 0 Å². The minimum absolute atomic E-state index is 1.09. The second-order valence-corrected chi connectivity index (χ2v) is 3.61. The van der Waals surface area contributed by atoms with Gasteiger partial charge in [-0.05, 0) is 43.4 Å². The maximum Gasteiger partial charge on any atom is 0.0277 e. The first-order chi connectivity index (χ1) is 6.77. The fraction of sp³-hybridized carbons (Fsp3) is 0.462. The van der Waals surface area contributed by atoms with Gasteiger partial charge in [0.2, 0.25) is 0 Å². The summed E-state index contributed by atoms with van der Waals surface area (Å²) in [6.45, 7) is 4.37. The van der Waals surface area contributed by atoms with E-state index < -0.39 is 0 Å². The predicted octanol–water partition coefficient (Wildman–Crippen LogP) is 3.69. The van der Waals surface area contributed by atoms with Crippen LogP contribution < -0.4 is 0 Å². The number of nitrogens with zero attached hydrogens (tertiary/aromatic N) is 1. The van der Waals surface area contributed by atoms with Crippen molar-refractivity contribution in [2.75, 3.05) is 7.05 Å². The Morgan fingerprint density at radius 2 is 2.36 bits per heavy atom. The predicted molar refractivity (Wildman–Crippen MR) is 63.9 cm³/mol. The standard InChI is InChI=1S/C13H19N/c1-4-12(8-9-14-3)13-7-5-6-11(2)10-13/h6,8-10H,4-5,7H2,1-3H3/b12-8+,14-9?. The smallest absolute Gasteiger partial charge is 0.0277 e. The number of hydrogen-bond acceptors (Lipinski definition) is 1. The van der Waals surface area contributed by atoms with E-state index in [4.69, 9.17) is 0 Å². The summed E-state index contributed by atoms with van der Waals surface area (Å²) >= 11 is 0. The molecule has 14 heavy (non-hydrogen) atoms. The number of hydrogen-bond donors (Lipinski definition) is 0. The quantitative estimate of drug-likeness (QED) is 0.600. The molecule has 1 aliphatic rings. The molecule has 1 rings (SSSR count). The Labute approximate surface area is 86.9 Å². The van der Waals surface area contributed by atoms with Crippen LogP contribution >= 0.6 is 0 Å². The zero-order valence-electron chi connectivity index (χ0n) is 9.38. The molecule has 0 saturated heterocycles. The highest BCUT2D eigenvalue weighted by atomic mass is 14.6. The van der Waals surface area contributed by atoms with E-state index in [0.717, 1.165) is 6.42 Å². The van der Waals surface area contributed by atoms with Gasteiger partial charge in [0.25, 0.3) is 0 Å². The SMILES string of the molecule is CC/C(=C\C=NC)C1=CC(C)=CCC1. The molecule has 0 spiro atoms. The lowest BCUT2D eigenvalue weighted by molar-refractivity contribution is 0.927. The summed E-state index contributed by atoms with van der Waals surface area (Å²) in [6.07, 6.45) is 12.0. The van der Waals surface area contributed by atoms with Crippen LogP contribution in [-0.2, 0) is 0 Å². The Kier molecular flexibility index (Phi) is 4.37. The van der Waals surface area contributed by atoms with Crippen molar-refractivity contribution >= 4 is 6.21 Å². The van der Waals surface area contributed by atoms with Crippen LogP contribution in [0.1, 0.15) is 33.1 Å². The Morgan fingerprint density at radius 1 is 1.57 bits per heavy atom. The van der Waals surface area contributed by atoms with Crippen LogP contribution in [0, 0.1) is 0 Å². The lowest BCUT2D eigenvalue weighted by Gasteiger charge is -2.13. The molecule has 0 aromatic carbocycles.